The van der Waals surface area contributed by atoms with Crippen LogP contribution in [0.2, 0.25) is 5.02 Å². The number of anilines is 3. The molecule has 4 heterocycles. The SMILES string of the molecule is CCc1cc(OCCN2CCCC2)c(N)cc1Nc1ncc(Cl)c(-c2cn3c4c(cccc24)CCC3)n1. The summed E-state index contributed by atoms with van der Waals surface area (Å²) < 4.78 is 8.39. The van der Waals surface area contributed by atoms with Crippen molar-refractivity contribution in [1.82, 2.24) is 19.4 Å². The van der Waals surface area contributed by atoms with E-state index >= 15 is 0 Å². The Morgan fingerprint density at radius 1 is 1.14 bits per heavy atom. The summed E-state index contributed by atoms with van der Waals surface area (Å²) in [5, 5.41) is 5.10. The number of ether oxygens (including phenoxy) is 1. The fraction of sp³-hybridized carbons (Fsp3) is 0.379. The summed E-state index contributed by atoms with van der Waals surface area (Å²) in [6.45, 7) is 7.01. The molecule has 7 nitrogen and oxygen atoms in total. The number of halogens is 1. The van der Waals surface area contributed by atoms with Crippen LogP contribution in [0.1, 0.15) is 37.3 Å². The van der Waals surface area contributed by atoms with Crippen LogP contribution in [0.15, 0.2) is 42.7 Å². The minimum Gasteiger partial charge on any atom is -0.490 e. The molecular formula is C29H33ClN6O. The van der Waals surface area contributed by atoms with E-state index in [1.165, 1.54) is 29.3 Å². The lowest BCUT2D eigenvalue weighted by Crippen LogP contribution is -2.25. The lowest BCUT2D eigenvalue weighted by molar-refractivity contribution is 0.238. The summed E-state index contributed by atoms with van der Waals surface area (Å²) in [5.41, 5.74) is 13.4. The normalized spacial score (nSPS) is 15.4. The maximum absolute atomic E-state index is 6.64. The third-order valence-corrected chi connectivity index (χ3v) is 7.83. The molecule has 2 aromatic heterocycles. The quantitative estimate of drug-likeness (QED) is 0.277. The van der Waals surface area contributed by atoms with Gasteiger partial charge in [0, 0.05) is 35.9 Å². The summed E-state index contributed by atoms with van der Waals surface area (Å²) in [5.74, 6) is 1.22. The summed E-state index contributed by atoms with van der Waals surface area (Å²) >= 11 is 6.64. The minimum atomic E-state index is 0.489. The summed E-state index contributed by atoms with van der Waals surface area (Å²) in [6.07, 6.45) is 9.47. The van der Waals surface area contributed by atoms with Crippen molar-refractivity contribution in [2.24, 2.45) is 0 Å². The van der Waals surface area contributed by atoms with Crippen LogP contribution < -0.4 is 15.8 Å². The fourth-order valence-electron chi connectivity index (χ4n) is 5.64. The standard InChI is InChI=1S/C29H33ClN6O/c1-2-19-15-26(37-14-13-35-10-3-4-11-35)24(31)16-25(19)33-29-32-17-23(30)27(34-29)22-18-36-12-6-8-20-7-5-9-21(22)28(20)36/h5,7,9,15-18H,2-4,6,8,10-14,31H2,1H3,(H,32,33,34). The van der Waals surface area contributed by atoms with Gasteiger partial charge in [-0.05, 0) is 68.5 Å². The molecule has 37 heavy (non-hydrogen) atoms. The molecule has 0 saturated carbocycles. The molecule has 0 unspecified atom stereocenters. The predicted molar refractivity (Wildman–Crippen MR) is 151 cm³/mol. The molecule has 0 amide bonds. The van der Waals surface area contributed by atoms with Crippen LogP contribution in [0.25, 0.3) is 22.2 Å². The van der Waals surface area contributed by atoms with E-state index in [1.807, 2.05) is 12.1 Å². The van der Waals surface area contributed by atoms with Crippen molar-refractivity contribution < 1.29 is 4.74 Å². The second-order valence-corrected chi connectivity index (χ2v) is 10.4. The van der Waals surface area contributed by atoms with Crippen molar-refractivity contribution in [3.05, 3.63) is 58.9 Å². The number of hydrogen-bond acceptors (Lipinski definition) is 6. The first kappa shape index (κ1) is 24.1. The molecule has 192 valence electrons. The van der Waals surface area contributed by atoms with Crippen LogP contribution in [0, 0.1) is 0 Å². The zero-order chi connectivity index (χ0) is 25.4. The van der Waals surface area contributed by atoms with Gasteiger partial charge in [0.1, 0.15) is 12.4 Å². The molecule has 8 heteroatoms. The van der Waals surface area contributed by atoms with E-state index in [1.54, 1.807) is 6.20 Å². The van der Waals surface area contributed by atoms with E-state index in [0.717, 1.165) is 73.7 Å². The predicted octanol–water partition coefficient (Wildman–Crippen LogP) is 6.06. The number of nitrogen functional groups attached to an aromatic ring is 1. The van der Waals surface area contributed by atoms with E-state index in [2.05, 4.69) is 51.1 Å². The van der Waals surface area contributed by atoms with E-state index in [-0.39, 0.29) is 0 Å². The fourth-order valence-corrected chi connectivity index (χ4v) is 5.84. The van der Waals surface area contributed by atoms with Crippen LogP contribution in [-0.2, 0) is 19.4 Å². The molecule has 2 aliphatic rings. The number of hydrogen-bond donors (Lipinski definition) is 2. The van der Waals surface area contributed by atoms with Crippen molar-refractivity contribution >= 4 is 39.8 Å². The molecule has 0 aliphatic carbocycles. The average molecular weight is 517 g/mol. The highest BCUT2D eigenvalue weighted by molar-refractivity contribution is 6.33. The van der Waals surface area contributed by atoms with E-state index < -0.39 is 0 Å². The highest BCUT2D eigenvalue weighted by atomic mass is 35.5. The van der Waals surface area contributed by atoms with E-state index in [4.69, 9.17) is 27.1 Å². The Kier molecular flexibility index (Phi) is 6.65. The molecule has 0 radical (unpaired) electrons. The Morgan fingerprint density at radius 3 is 2.84 bits per heavy atom. The number of likely N-dealkylation sites (tertiary alicyclic amines) is 1. The number of aromatic nitrogens is 3. The van der Waals surface area contributed by atoms with Gasteiger partial charge in [0.15, 0.2) is 0 Å². The van der Waals surface area contributed by atoms with Crippen LogP contribution in [0.5, 0.6) is 5.75 Å². The van der Waals surface area contributed by atoms with Crippen molar-refractivity contribution in [2.75, 3.05) is 37.3 Å². The Labute approximate surface area is 222 Å². The molecule has 1 fully saturated rings. The number of rotatable bonds is 8. The number of nitrogens with two attached hydrogens (primary N) is 1. The molecule has 0 spiro atoms. The number of aryl methyl sites for hydroxylation is 3. The topological polar surface area (TPSA) is 81.2 Å². The van der Waals surface area contributed by atoms with Gasteiger partial charge >= 0.3 is 0 Å². The summed E-state index contributed by atoms with van der Waals surface area (Å²) in [4.78, 5) is 11.8. The van der Waals surface area contributed by atoms with E-state index in [9.17, 15) is 0 Å². The zero-order valence-corrected chi connectivity index (χ0v) is 22.0. The first-order chi connectivity index (χ1) is 18.1. The van der Waals surface area contributed by atoms with Gasteiger partial charge in [-0.1, -0.05) is 36.7 Å². The van der Waals surface area contributed by atoms with Crippen molar-refractivity contribution in [3.63, 3.8) is 0 Å². The molecule has 0 atom stereocenters. The average Bonchev–Trinajstić information content (AvgIpc) is 3.56. The Morgan fingerprint density at radius 2 is 2.00 bits per heavy atom. The molecule has 3 N–H and O–H groups in total. The highest BCUT2D eigenvalue weighted by Gasteiger charge is 2.20. The molecule has 2 aliphatic heterocycles. The summed E-state index contributed by atoms with van der Waals surface area (Å²) in [7, 11) is 0. The smallest absolute Gasteiger partial charge is 0.227 e. The third kappa shape index (κ3) is 4.74. The number of nitrogens with one attached hydrogen (secondary N) is 1. The second kappa shape index (κ2) is 10.2. The Bertz CT molecular complexity index is 1440. The van der Waals surface area contributed by atoms with Gasteiger partial charge in [0.05, 0.1) is 28.1 Å². The van der Waals surface area contributed by atoms with Gasteiger partial charge in [-0.2, -0.15) is 0 Å². The van der Waals surface area contributed by atoms with Crippen LogP contribution in [0.3, 0.4) is 0 Å². The minimum absolute atomic E-state index is 0.489. The maximum atomic E-state index is 6.64. The molecule has 4 aromatic rings. The van der Waals surface area contributed by atoms with Crippen LogP contribution >= 0.6 is 11.6 Å². The zero-order valence-electron chi connectivity index (χ0n) is 21.3. The summed E-state index contributed by atoms with van der Waals surface area (Å²) in [6, 6.07) is 10.4. The first-order valence-corrected chi connectivity index (χ1v) is 13.7. The van der Waals surface area contributed by atoms with Crippen molar-refractivity contribution in [2.45, 2.75) is 45.6 Å². The molecule has 2 aromatic carbocycles. The van der Waals surface area contributed by atoms with Crippen LogP contribution in [-0.4, -0.2) is 45.7 Å². The lowest BCUT2D eigenvalue weighted by Gasteiger charge is -2.18. The first-order valence-electron chi connectivity index (χ1n) is 13.3. The van der Waals surface area contributed by atoms with Crippen molar-refractivity contribution in [3.8, 4) is 17.0 Å². The molecule has 1 saturated heterocycles. The Balaban J connectivity index is 1.27. The van der Waals surface area contributed by atoms with Gasteiger partial charge in [0.2, 0.25) is 5.95 Å². The van der Waals surface area contributed by atoms with Gasteiger partial charge in [-0.15, -0.1) is 0 Å². The number of benzene rings is 2. The van der Waals surface area contributed by atoms with Crippen LogP contribution in [0.4, 0.5) is 17.3 Å². The lowest BCUT2D eigenvalue weighted by atomic mass is 10.0. The Hall–Kier alpha value is -3.29. The maximum Gasteiger partial charge on any atom is 0.227 e. The van der Waals surface area contributed by atoms with Gasteiger partial charge in [-0.3, -0.25) is 4.90 Å². The van der Waals surface area contributed by atoms with Gasteiger partial charge < -0.3 is 20.4 Å². The molecule has 6 rings (SSSR count). The van der Waals surface area contributed by atoms with Gasteiger partial charge in [-0.25, -0.2) is 9.97 Å². The highest BCUT2D eigenvalue weighted by Crippen LogP contribution is 2.38. The second-order valence-electron chi connectivity index (χ2n) is 9.97. The van der Waals surface area contributed by atoms with Gasteiger partial charge in [0.25, 0.3) is 0 Å². The van der Waals surface area contributed by atoms with E-state index in [0.29, 0.717) is 23.3 Å². The largest absolute Gasteiger partial charge is 0.490 e. The molecular weight excluding hydrogens is 484 g/mol. The number of para-hydroxylation sites is 1. The molecule has 0 bridgehead atoms. The monoisotopic (exact) mass is 516 g/mol. The number of nitrogens with zero attached hydrogens (tertiary/aromatic N) is 4. The van der Waals surface area contributed by atoms with Crippen molar-refractivity contribution in [1.29, 1.82) is 0 Å². The third-order valence-electron chi connectivity index (χ3n) is 7.55.